The van der Waals surface area contributed by atoms with Crippen LogP contribution < -0.4 is 5.32 Å². The molecule has 1 aliphatic rings. The molecule has 3 amide bonds. The Balaban J connectivity index is 1.23. The van der Waals surface area contributed by atoms with Crippen molar-refractivity contribution in [3.05, 3.63) is 125 Å². The van der Waals surface area contributed by atoms with Crippen LogP contribution >= 0.6 is 0 Å². The van der Waals surface area contributed by atoms with Crippen molar-refractivity contribution in [3.63, 3.8) is 0 Å². The minimum absolute atomic E-state index is 0.200. The molecule has 0 bridgehead atoms. The molecule has 1 aliphatic heterocycles. The maximum absolute atomic E-state index is 12.9. The van der Waals surface area contributed by atoms with E-state index in [9.17, 15) is 14.4 Å². The normalized spacial score (nSPS) is 12.6. The van der Waals surface area contributed by atoms with Crippen LogP contribution in [0.3, 0.4) is 0 Å². The number of rotatable bonds is 7. The summed E-state index contributed by atoms with van der Waals surface area (Å²) < 4.78 is 1.84. The van der Waals surface area contributed by atoms with Gasteiger partial charge in [-0.2, -0.15) is 5.10 Å². The molecular weight excluding hydrogens is 428 g/mol. The number of hydrogen-bond donors (Lipinski definition) is 1. The Kier molecular flexibility index (Phi) is 5.74. The summed E-state index contributed by atoms with van der Waals surface area (Å²) in [5.74, 6) is -1.03. The minimum Gasteiger partial charge on any atom is -0.348 e. The van der Waals surface area contributed by atoms with E-state index in [0.29, 0.717) is 24.2 Å². The highest BCUT2D eigenvalue weighted by atomic mass is 16.2. The predicted molar refractivity (Wildman–Crippen MR) is 126 cm³/mol. The lowest BCUT2D eigenvalue weighted by atomic mass is 10.1. The lowest BCUT2D eigenvalue weighted by molar-refractivity contribution is 0.0642. The monoisotopic (exact) mass is 450 g/mol. The lowest BCUT2D eigenvalue weighted by Gasteiger charge is -2.13. The van der Waals surface area contributed by atoms with Gasteiger partial charge in [-0.15, -0.1) is 0 Å². The molecule has 0 unspecified atom stereocenters. The summed E-state index contributed by atoms with van der Waals surface area (Å²) >= 11 is 0. The van der Waals surface area contributed by atoms with E-state index < -0.39 is 0 Å². The van der Waals surface area contributed by atoms with Crippen LogP contribution in [0.2, 0.25) is 0 Å². The second kappa shape index (κ2) is 9.15. The second-order valence-corrected chi connectivity index (χ2v) is 8.15. The van der Waals surface area contributed by atoms with E-state index in [4.69, 9.17) is 0 Å². The van der Waals surface area contributed by atoms with Gasteiger partial charge in [0.25, 0.3) is 17.7 Å². The maximum atomic E-state index is 12.9. The number of carbonyl (C=O) groups is 3. The Bertz CT molecular complexity index is 1350. The molecule has 0 fully saturated rings. The zero-order valence-electron chi connectivity index (χ0n) is 18.3. The largest absolute Gasteiger partial charge is 0.348 e. The number of amides is 3. The third-order valence-electron chi connectivity index (χ3n) is 5.80. The Morgan fingerprint density at radius 2 is 1.47 bits per heavy atom. The van der Waals surface area contributed by atoms with Crippen LogP contribution in [0.5, 0.6) is 0 Å². The Hall–Kier alpha value is -4.52. The number of hydrogen-bond acceptors (Lipinski definition) is 4. The van der Waals surface area contributed by atoms with Crippen LogP contribution in [-0.2, 0) is 19.6 Å². The highest BCUT2D eigenvalue weighted by molar-refractivity contribution is 6.22. The lowest BCUT2D eigenvalue weighted by Crippen LogP contribution is -2.29. The SMILES string of the molecule is O=C(NCc1ccc(Cn2cccn2)cc1)c1ccc2c(c1)C(=O)N(Cc1ccccc1)C2=O. The molecule has 0 saturated heterocycles. The molecule has 34 heavy (non-hydrogen) atoms. The predicted octanol–water partition coefficient (Wildman–Crippen LogP) is 3.66. The molecule has 7 nitrogen and oxygen atoms in total. The van der Waals surface area contributed by atoms with Gasteiger partial charge in [0.05, 0.1) is 24.2 Å². The Morgan fingerprint density at radius 1 is 0.765 bits per heavy atom. The van der Waals surface area contributed by atoms with Crippen molar-refractivity contribution in [1.29, 1.82) is 0 Å². The first-order valence-corrected chi connectivity index (χ1v) is 11.0. The van der Waals surface area contributed by atoms with Crippen LogP contribution in [0.1, 0.15) is 47.8 Å². The molecule has 0 saturated carbocycles. The number of imide groups is 1. The Morgan fingerprint density at radius 3 is 2.21 bits per heavy atom. The molecule has 1 N–H and O–H groups in total. The Labute approximate surface area is 196 Å². The van der Waals surface area contributed by atoms with Crippen molar-refractivity contribution in [2.45, 2.75) is 19.6 Å². The van der Waals surface area contributed by atoms with Gasteiger partial charge in [-0.25, -0.2) is 0 Å². The number of aromatic nitrogens is 2. The van der Waals surface area contributed by atoms with Gasteiger partial charge in [0.1, 0.15) is 0 Å². The maximum Gasteiger partial charge on any atom is 0.261 e. The van der Waals surface area contributed by atoms with Gasteiger partial charge < -0.3 is 5.32 Å². The number of benzene rings is 3. The van der Waals surface area contributed by atoms with E-state index in [-0.39, 0.29) is 29.8 Å². The molecule has 0 aliphatic carbocycles. The smallest absolute Gasteiger partial charge is 0.261 e. The standard InChI is InChI=1S/C27H22N4O3/c32-25(28-16-19-7-9-21(10-8-19)17-30-14-4-13-29-30)22-11-12-23-24(15-22)27(34)31(26(23)33)18-20-5-2-1-3-6-20/h1-15H,16-18H2,(H,28,32). The summed E-state index contributed by atoms with van der Waals surface area (Å²) in [6.07, 6.45) is 3.65. The zero-order valence-corrected chi connectivity index (χ0v) is 18.3. The summed E-state index contributed by atoms with van der Waals surface area (Å²) in [7, 11) is 0. The summed E-state index contributed by atoms with van der Waals surface area (Å²) in [6.45, 7) is 1.24. The van der Waals surface area contributed by atoms with Crippen molar-refractivity contribution < 1.29 is 14.4 Å². The quantitative estimate of drug-likeness (QED) is 0.436. The number of nitrogens with zero attached hydrogens (tertiary/aromatic N) is 3. The molecule has 4 aromatic rings. The van der Waals surface area contributed by atoms with Crippen molar-refractivity contribution in [2.24, 2.45) is 0 Å². The molecule has 168 valence electrons. The summed E-state index contributed by atoms with van der Waals surface area (Å²) in [5, 5.41) is 7.08. The molecule has 2 heterocycles. The van der Waals surface area contributed by atoms with Crippen molar-refractivity contribution in [1.82, 2.24) is 20.0 Å². The number of nitrogens with one attached hydrogen (secondary N) is 1. The van der Waals surface area contributed by atoms with E-state index in [0.717, 1.165) is 16.7 Å². The van der Waals surface area contributed by atoms with Gasteiger partial charge in [-0.3, -0.25) is 24.0 Å². The molecule has 0 spiro atoms. The first-order valence-electron chi connectivity index (χ1n) is 11.0. The van der Waals surface area contributed by atoms with Crippen LogP contribution in [-0.4, -0.2) is 32.4 Å². The zero-order chi connectivity index (χ0) is 23.5. The molecule has 0 atom stereocenters. The van der Waals surface area contributed by atoms with Gasteiger partial charge in [0.2, 0.25) is 0 Å². The third-order valence-corrected chi connectivity index (χ3v) is 5.80. The van der Waals surface area contributed by atoms with Crippen molar-refractivity contribution in [2.75, 3.05) is 0 Å². The molecule has 0 radical (unpaired) electrons. The van der Waals surface area contributed by atoms with Gasteiger partial charge in [-0.1, -0.05) is 54.6 Å². The van der Waals surface area contributed by atoms with Crippen molar-refractivity contribution >= 4 is 17.7 Å². The van der Waals surface area contributed by atoms with Crippen LogP contribution in [0, 0.1) is 0 Å². The summed E-state index contributed by atoms with van der Waals surface area (Å²) in [4.78, 5) is 39.5. The minimum atomic E-state index is -0.383. The number of fused-ring (bicyclic) bond motifs is 1. The fourth-order valence-corrected chi connectivity index (χ4v) is 3.97. The molecule has 5 rings (SSSR count). The number of carbonyl (C=O) groups excluding carboxylic acids is 3. The highest BCUT2D eigenvalue weighted by Crippen LogP contribution is 2.25. The molecular formula is C27H22N4O3. The first-order chi connectivity index (χ1) is 16.6. The van der Waals surface area contributed by atoms with E-state index in [2.05, 4.69) is 10.4 Å². The molecule has 7 heteroatoms. The second-order valence-electron chi connectivity index (χ2n) is 8.15. The van der Waals surface area contributed by atoms with E-state index >= 15 is 0 Å². The van der Waals surface area contributed by atoms with E-state index in [1.165, 1.54) is 11.0 Å². The van der Waals surface area contributed by atoms with Gasteiger partial charge in [0, 0.05) is 24.5 Å². The fraction of sp³-hybridized carbons (Fsp3) is 0.111. The van der Waals surface area contributed by atoms with Gasteiger partial charge >= 0.3 is 0 Å². The third kappa shape index (κ3) is 4.36. The average molecular weight is 450 g/mol. The average Bonchev–Trinajstić information content (AvgIpc) is 3.46. The van der Waals surface area contributed by atoms with Crippen LogP contribution in [0.25, 0.3) is 0 Å². The van der Waals surface area contributed by atoms with Crippen molar-refractivity contribution in [3.8, 4) is 0 Å². The summed E-state index contributed by atoms with van der Waals surface area (Å²) in [6, 6.07) is 23.8. The molecule has 3 aromatic carbocycles. The highest BCUT2D eigenvalue weighted by Gasteiger charge is 2.35. The van der Waals surface area contributed by atoms with Crippen LogP contribution in [0.15, 0.2) is 91.3 Å². The van der Waals surface area contributed by atoms with E-state index in [1.807, 2.05) is 71.5 Å². The topological polar surface area (TPSA) is 84.3 Å². The van der Waals surface area contributed by atoms with Crippen LogP contribution in [0.4, 0.5) is 0 Å². The summed E-state index contributed by atoms with van der Waals surface area (Å²) in [5.41, 5.74) is 3.86. The van der Waals surface area contributed by atoms with Gasteiger partial charge in [-0.05, 0) is 41.0 Å². The van der Waals surface area contributed by atoms with Gasteiger partial charge in [0.15, 0.2) is 0 Å². The van der Waals surface area contributed by atoms with E-state index in [1.54, 1.807) is 18.3 Å². The first kappa shape index (κ1) is 21.3. The molecule has 1 aromatic heterocycles. The fourth-order valence-electron chi connectivity index (χ4n) is 3.97.